The summed E-state index contributed by atoms with van der Waals surface area (Å²) in [4.78, 5) is 17.2. The summed E-state index contributed by atoms with van der Waals surface area (Å²) >= 11 is 0. The Morgan fingerprint density at radius 2 is 1.69 bits per heavy atom. The molecular weight excluding hydrogens is 486 g/mol. The van der Waals surface area contributed by atoms with Crippen molar-refractivity contribution in [1.82, 2.24) is 19.1 Å². The maximum atomic E-state index is 13.9. The Labute approximate surface area is 215 Å². The van der Waals surface area contributed by atoms with Crippen LogP contribution in [-0.2, 0) is 14.0 Å². The summed E-state index contributed by atoms with van der Waals surface area (Å²) in [6.07, 6.45) is 0.0704. The molecule has 0 saturated carbocycles. The second-order valence-electron chi connectivity index (χ2n) is 9.46. The van der Waals surface area contributed by atoms with E-state index in [0.29, 0.717) is 55.6 Å². The molecule has 3 rings (SSSR count). The average molecular weight is 526 g/mol. The van der Waals surface area contributed by atoms with Crippen LogP contribution in [0.15, 0.2) is 12.1 Å². The number of nitrogens with zero attached hydrogens (tertiary/aromatic N) is 4. The summed E-state index contributed by atoms with van der Waals surface area (Å²) in [5.41, 5.74) is 0.448. The van der Waals surface area contributed by atoms with Crippen LogP contribution in [0.3, 0.4) is 0 Å². The van der Waals surface area contributed by atoms with Gasteiger partial charge in [-0.05, 0) is 33.3 Å². The number of piperazine rings is 1. The highest BCUT2D eigenvalue weighted by Crippen LogP contribution is 2.51. The van der Waals surface area contributed by atoms with Crippen LogP contribution in [0.25, 0.3) is 0 Å². The van der Waals surface area contributed by atoms with Crippen molar-refractivity contribution < 1.29 is 33.0 Å². The highest BCUT2D eigenvalue weighted by molar-refractivity contribution is 7.58. The van der Waals surface area contributed by atoms with Crippen molar-refractivity contribution in [3.63, 3.8) is 0 Å². The Balaban J connectivity index is 1.61. The molecule has 2 aliphatic heterocycles. The van der Waals surface area contributed by atoms with E-state index in [4.69, 9.17) is 23.7 Å². The molecule has 0 N–H and O–H groups in total. The largest absolute Gasteiger partial charge is 0.493 e. The second-order valence-corrected chi connectivity index (χ2v) is 12.4. The Hall–Kier alpha value is -1.82. The molecular formula is C23H40BN4O7P. The predicted octanol–water partition coefficient (Wildman–Crippen LogP) is 0.489. The van der Waals surface area contributed by atoms with Gasteiger partial charge in [-0.15, -0.1) is 0 Å². The molecule has 13 heteroatoms. The van der Waals surface area contributed by atoms with Gasteiger partial charge in [-0.3, -0.25) is 9.36 Å². The fraction of sp³-hybridized carbons (Fsp3) is 0.696. The van der Waals surface area contributed by atoms with Crippen molar-refractivity contribution in [3.8, 4) is 17.2 Å². The molecule has 0 bridgehead atoms. The molecule has 2 fully saturated rings. The van der Waals surface area contributed by atoms with Gasteiger partial charge >= 0.3 is 0 Å². The maximum absolute atomic E-state index is 13.9. The number of amides is 1. The fourth-order valence-corrected chi connectivity index (χ4v) is 6.77. The van der Waals surface area contributed by atoms with Gasteiger partial charge in [0, 0.05) is 50.8 Å². The third-order valence-corrected chi connectivity index (χ3v) is 9.65. The van der Waals surface area contributed by atoms with Crippen LogP contribution < -0.4 is 14.2 Å². The molecule has 0 radical (unpaired) electrons. The molecule has 202 valence electrons. The summed E-state index contributed by atoms with van der Waals surface area (Å²) in [5, 5.41) is 0. The van der Waals surface area contributed by atoms with E-state index in [1.165, 1.54) is 21.3 Å². The minimum Gasteiger partial charge on any atom is -0.493 e. The van der Waals surface area contributed by atoms with Gasteiger partial charge in [0.05, 0.1) is 34.0 Å². The third kappa shape index (κ3) is 6.54. The Bertz CT molecular complexity index is 910. The minimum absolute atomic E-state index is 0.0395. The van der Waals surface area contributed by atoms with Crippen LogP contribution in [-0.4, -0.2) is 140 Å². The first-order valence-corrected chi connectivity index (χ1v) is 14.0. The van der Waals surface area contributed by atoms with Crippen molar-refractivity contribution >= 4 is 21.2 Å². The molecule has 11 nitrogen and oxygen atoms in total. The molecule has 2 aliphatic rings. The third-order valence-electron chi connectivity index (χ3n) is 6.59. The van der Waals surface area contributed by atoms with Crippen LogP contribution in [0.5, 0.6) is 17.2 Å². The van der Waals surface area contributed by atoms with E-state index in [1.807, 2.05) is 26.6 Å². The van der Waals surface area contributed by atoms with Gasteiger partial charge in [0.1, 0.15) is 14.2 Å². The summed E-state index contributed by atoms with van der Waals surface area (Å²) < 4.78 is 45.7. The normalized spacial score (nSPS) is 23.4. The van der Waals surface area contributed by atoms with Crippen LogP contribution in [0.1, 0.15) is 10.4 Å². The number of hydrogen-bond acceptors (Lipinski definition) is 8. The van der Waals surface area contributed by atoms with Gasteiger partial charge < -0.3 is 33.5 Å². The summed E-state index contributed by atoms with van der Waals surface area (Å²) in [6.45, 7) is 3.93. The first-order chi connectivity index (χ1) is 17.1. The predicted molar refractivity (Wildman–Crippen MR) is 140 cm³/mol. The SMILES string of the molecule is BC1CN(C)CC(COCP(=O)(N(C)C)N2CCN(C(=O)c3cc(OC)c(OC)c(OC)c3)CC2)O1. The first kappa shape index (κ1) is 28.8. The molecule has 2 heterocycles. The number of rotatable bonds is 10. The molecule has 3 unspecified atom stereocenters. The summed E-state index contributed by atoms with van der Waals surface area (Å²) in [7, 11) is 9.34. The molecule has 2 saturated heterocycles. The lowest BCUT2D eigenvalue weighted by molar-refractivity contribution is -0.0748. The number of ether oxygens (including phenoxy) is 5. The van der Waals surface area contributed by atoms with E-state index in [2.05, 4.69) is 11.9 Å². The van der Waals surface area contributed by atoms with E-state index in [9.17, 15) is 9.36 Å². The molecule has 3 atom stereocenters. The first-order valence-electron chi connectivity index (χ1n) is 12.2. The molecule has 0 aromatic heterocycles. The number of methoxy groups -OCH3 is 3. The van der Waals surface area contributed by atoms with Crippen LogP contribution in [0, 0.1) is 0 Å². The zero-order chi connectivity index (χ0) is 26.5. The van der Waals surface area contributed by atoms with Gasteiger partial charge in [0.2, 0.25) is 13.2 Å². The van der Waals surface area contributed by atoms with Gasteiger partial charge in [-0.2, -0.15) is 0 Å². The number of carbonyl (C=O) groups is 1. The topological polar surface area (TPSA) is 93.3 Å². The molecule has 1 amide bonds. The highest BCUT2D eigenvalue weighted by Gasteiger charge is 2.37. The smallest absolute Gasteiger partial charge is 0.254 e. The van der Waals surface area contributed by atoms with Crippen molar-refractivity contribution in [2.45, 2.75) is 12.1 Å². The van der Waals surface area contributed by atoms with Crippen LogP contribution in [0.2, 0.25) is 0 Å². The van der Waals surface area contributed by atoms with E-state index < -0.39 is 7.44 Å². The van der Waals surface area contributed by atoms with Crippen molar-refractivity contribution in [2.75, 3.05) is 94.7 Å². The Morgan fingerprint density at radius 3 is 2.19 bits per heavy atom. The maximum Gasteiger partial charge on any atom is 0.254 e. The zero-order valence-corrected chi connectivity index (χ0v) is 23.5. The van der Waals surface area contributed by atoms with Crippen molar-refractivity contribution in [3.05, 3.63) is 17.7 Å². The lowest BCUT2D eigenvalue weighted by atomic mass is 9.98. The highest BCUT2D eigenvalue weighted by atomic mass is 31.2. The molecule has 1 aromatic carbocycles. The summed E-state index contributed by atoms with van der Waals surface area (Å²) in [6, 6.07) is 3.45. The standard InChI is InChI=1S/C23H40BN4O7P/c1-25(2)36(30,16-34-15-18-13-26(3)14-21(24)35-18)28-9-7-27(8-10-28)23(29)17-11-19(31-4)22(33-6)20(12-17)32-5/h11-12,18,21H,7-10,13-16,24H2,1-6H3. The van der Waals surface area contributed by atoms with Crippen molar-refractivity contribution in [2.24, 2.45) is 0 Å². The number of benzene rings is 1. The van der Waals surface area contributed by atoms with Crippen LogP contribution in [0.4, 0.5) is 0 Å². The number of carbonyl (C=O) groups excluding carboxylic acids is 1. The molecule has 36 heavy (non-hydrogen) atoms. The summed E-state index contributed by atoms with van der Waals surface area (Å²) in [5.74, 6) is 1.15. The van der Waals surface area contributed by atoms with Gasteiger partial charge in [0.25, 0.3) is 5.91 Å². The van der Waals surface area contributed by atoms with E-state index >= 15 is 0 Å². The van der Waals surface area contributed by atoms with Gasteiger partial charge in [-0.1, -0.05) is 0 Å². The molecule has 0 spiro atoms. The number of hydrogen-bond donors (Lipinski definition) is 0. The lowest BCUT2D eigenvalue weighted by Gasteiger charge is -2.41. The quantitative estimate of drug-likeness (QED) is 0.317. The van der Waals surface area contributed by atoms with Gasteiger partial charge in [-0.25, -0.2) is 9.34 Å². The van der Waals surface area contributed by atoms with Crippen molar-refractivity contribution in [1.29, 1.82) is 0 Å². The number of morpholine rings is 1. The number of likely N-dealkylation sites (N-methyl/N-ethyl adjacent to an activating group) is 1. The Kier molecular flexibility index (Phi) is 10.1. The molecule has 1 aromatic rings. The fourth-order valence-electron chi connectivity index (χ4n) is 4.72. The average Bonchev–Trinajstić information content (AvgIpc) is 2.86. The molecule has 0 aliphatic carbocycles. The zero-order valence-electron chi connectivity index (χ0n) is 22.6. The van der Waals surface area contributed by atoms with Crippen LogP contribution >= 0.6 is 7.44 Å². The monoisotopic (exact) mass is 526 g/mol. The van der Waals surface area contributed by atoms with Gasteiger partial charge in [0.15, 0.2) is 11.5 Å². The van der Waals surface area contributed by atoms with E-state index in [-0.39, 0.29) is 24.4 Å². The lowest BCUT2D eigenvalue weighted by Crippen LogP contribution is -2.49. The Morgan fingerprint density at radius 1 is 1.08 bits per heavy atom. The van der Waals surface area contributed by atoms with E-state index in [0.717, 1.165) is 13.1 Å². The van der Waals surface area contributed by atoms with E-state index in [1.54, 1.807) is 21.7 Å². The second kappa shape index (κ2) is 12.6. The minimum atomic E-state index is -2.95.